The number of unbranched alkanes of at least 4 members (excludes halogenated alkanes) is 27. The number of rotatable bonds is 50. The van der Waals surface area contributed by atoms with Crippen LogP contribution in [0.1, 0.15) is 245 Å². The first-order valence-corrected chi connectivity index (χ1v) is 28.7. The lowest BCUT2D eigenvalue weighted by atomic mass is 10.0. The summed E-state index contributed by atoms with van der Waals surface area (Å²) in [5.41, 5.74) is 0. The second-order valence-corrected chi connectivity index (χ2v) is 18.7. The number of hydrogen-bond acceptors (Lipinski definition) is 6. The van der Waals surface area contributed by atoms with Crippen molar-refractivity contribution in [3.63, 3.8) is 0 Å². The third-order valence-corrected chi connectivity index (χ3v) is 12.0. The van der Waals surface area contributed by atoms with Crippen molar-refractivity contribution >= 4 is 17.9 Å². The molecule has 0 aliphatic heterocycles. The van der Waals surface area contributed by atoms with Gasteiger partial charge in [0.05, 0.1) is 0 Å². The van der Waals surface area contributed by atoms with Gasteiger partial charge in [0.1, 0.15) is 13.2 Å². The van der Waals surface area contributed by atoms with Crippen molar-refractivity contribution < 1.29 is 28.6 Å². The monoisotopic (exact) mass is 969 g/mol. The van der Waals surface area contributed by atoms with Crippen LogP contribution in [0.4, 0.5) is 0 Å². The number of hydrogen-bond donors (Lipinski definition) is 0. The Morgan fingerprint density at radius 1 is 0.300 bits per heavy atom. The van der Waals surface area contributed by atoms with Gasteiger partial charge in [-0.3, -0.25) is 14.4 Å². The molecule has 0 spiro atoms. The summed E-state index contributed by atoms with van der Waals surface area (Å²) in [6, 6.07) is 0. The largest absolute Gasteiger partial charge is 0.462 e. The highest BCUT2D eigenvalue weighted by Crippen LogP contribution is 2.15. The van der Waals surface area contributed by atoms with Crippen molar-refractivity contribution in [1.82, 2.24) is 0 Å². The zero-order valence-corrected chi connectivity index (χ0v) is 45.2. The van der Waals surface area contributed by atoms with Gasteiger partial charge in [0.25, 0.3) is 0 Å². The van der Waals surface area contributed by atoms with Crippen LogP contribution in [0.2, 0.25) is 0 Å². The van der Waals surface area contributed by atoms with Gasteiger partial charge >= 0.3 is 17.9 Å². The average molecular weight is 970 g/mol. The third-order valence-electron chi connectivity index (χ3n) is 12.0. The summed E-state index contributed by atoms with van der Waals surface area (Å²) in [7, 11) is 0. The predicted octanol–water partition coefficient (Wildman–Crippen LogP) is 19.3. The Bertz CT molecular complexity index is 1490. The number of carbonyl (C=O) groups is 3. The Morgan fingerprint density at radius 2 is 0.557 bits per heavy atom. The number of ether oxygens (including phenoxy) is 3. The van der Waals surface area contributed by atoms with E-state index < -0.39 is 6.10 Å². The van der Waals surface area contributed by atoms with E-state index in [0.29, 0.717) is 19.3 Å². The molecule has 0 aliphatic carbocycles. The first-order chi connectivity index (χ1) is 34.5. The Balaban J connectivity index is 4.55. The van der Waals surface area contributed by atoms with E-state index in [0.717, 1.165) is 96.3 Å². The van der Waals surface area contributed by atoms with E-state index in [-0.39, 0.29) is 31.1 Å². The van der Waals surface area contributed by atoms with Crippen LogP contribution in [-0.4, -0.2) is 37.2 Å². The minimum absolute atomic E-state index is 0.103. The van der Waals surface area contributed by atoms with Crippen LogP contribution in [0, 0.1) is 0 Å². The van der Waals surface area contributed by atoms with Gasteiger partial charge in [0.2, 0.25) is 0 Å². The van der Waals surface area contributed by atoms with Crippen molar-refractivity contribution in [3.05, 3.63) is 122 Å². The highest BCUT2D eigenvalue weighted by atomic mass is 16.6. The molecule has 0 rings (SSSR count). The van der Waals surface area contributed by atoms with Crippen molar-refractivity contribution in [1.29, 1.82) is 0 Å². The highest BCUT2D eigenvalue weighted by molar-refractivity contribution is 5.71. The van der Waals surface area contributed by atoms with Crippen LogP contribution in [-0.2, 0) is 28.6 Å². The van der Waals surface area contributed by atoms with Crippen LogP contribution in [0.25, 0.3) is 0 Å². The highest BCUT2D eigenvalue weighted by Gasteiger charge is 2.19. The maximum atomic E-state index is 12.9. The summed E-state index contributed by atoms with van der Waals surface area (Å²) < 4.78 is 16.8. The van der Waals surface area contributed by atoms with Crippen LogP contribution < -0.4 is 0 Å². The van der Waals surface area contributed by atoms with E-state index in [2.05, 4.69) is 69.4 Å². The summed E-state index contributed by atoms with van der Waals surface area (Å²) in [6.45, 7) is 6.43. The predicted molar refractivity (Wildman–Crippen MR) is 302 cm³/mol. The molecular weight excluding hydrogens is 865 g/mol. The first-order valence-electron chi connectivity index (χ1n) is 28.7. The van der Waals surface area contributed by atoms with Crippen LogP contribution in [0.5, 0.6) is 0 Å². The fourth-order valence-corrected chi connectivity index (χ4v) is 7.66. The van der Waals surface area contributed by atoms with Gasteiger partial charge in [-0.2, -0.15) is 0 Å². The number of esters is 3. The van der Waals surface area contributed by atoms with E-state index in [1.807, 2.05) is 72.9 Å². The summed E-state index contributed by atoms with van der Waals surface area (Å²) in [5.74, 6) is -0.968. The molecule has 0 heterocycles. The van der Waals surface area contributed by atoms with Gasteiger partial charge < -0.3 is 14.2 Å². The van der Waals surface area contributed by atoms with Crippen molar-refractivity contribution in [2.45, 2.75) is 252 Å². The number of allylic oxidation sites excluding steroid dienone is 20. The molecule has 1 unspecified atom stereocenters. The molecule has 70 heavy (non-hydrogen) atoms. The zero-order valence-electron chi connectivity index (χ0n) is 45.2. The summed E-state index contributed by atoms with van der Waals surface area (Å²) in [4.78, 5) is 38.2. The Hall–Kier alpha value is -4.19. The molecule has 0 fully saturated rings. The van der Waals surface area contributed by atoms with Crippen molar-refractivity contribution in [3.8, 4) is 0 Å². The third kappa shape index (κ3) is 54.7. The second-order valence-electron chi connectivity index (χ2n) is 18.7. The maximum absolute atomic E-state index is 12.9. The minimum Gasteiger partial charge on any atom is -0.462 e. The van der Waals surface area contributed by atoms with Crippen LogP contribution in [0.15, 0.2) is 122 Å². The topological polar surface area (TPSA) is 78.9 Å². The minimum atomic E-state index is -0.811. The van der Waals surface area contributed by atoms with Gasteiger partial charge in [0, 0.05) is 19.3 Å². The lowest BCUT2D eigenvalue weighted by Crippen LogP contribution is -2.30. The lowest BCUT2D eigenvalue weighted by Gasteiger charge is -2.18. The van der Waals surface area contributed by atoms with E-state index in [9.17, 15) is 14.4 Å². The Morgan fingerprint density at radius 3 is 0.886 bits per heavy atom. The molecule has 6 nitrogen and oxygen atoms in total. The quantitative estimate of drug-likeness (QED) is 0.0262. The van der Waals surface area contributed by atoms with Gasteiger partial charge in [-0.1, -0.05) is 284 Å². The fraction of sp³-hybridized carbons (Fsp3) is 0.641. The lowest BCUT2D eigenvalue weighted by molar-refractivity contribution is -0.167. The van der Waals surface area contributed by atoms with E-state index in [4.69, 9.17) is 14.2 Å². The molecule has 6 heteroatoms. The smallest absolute Gasteiger partial charge is 0.306 e. The van der Waals surface area contributed by atoms with Crippen molar-refractivity contribution in [2.75, 3.05) is 13.2 Å². The molecule has 0 saturated carbocycles. The van der Waals surface area contributed by atoms with Gasteiger partial charge in [-0.05, 0) is 64.2 Å². The van der Waals surface area contributed by atoms with Crippen LogP contribution in [0.3, 0.4) is 0 Å². The van der Waals surface area contributed by atoms with E-state index in [1.54, 1.807) is 0 Å². The molecule has 0 aromatic heterocycles. The van der Waals surface area contributed by atoms with Crippen LogP contribution >= 0.6 is 0 Å². The first kappa shape index (κ1) is 65.8. The molecule has 0 N–H and O–H groups in total. The molecule has 0 aromatic carbocycles. The number of carbonyl (C=O) groups excluding carboxylic acids is 3. The SMILES string of the molecule is CC\C=C/C=C\C=C/C=C\C=C\C=C/C=C\CCCCCC(=O)OCC(COC(=O)CCCCCCCCCCCCCCCCC)OC(=O)CCCCCCC\C=C/C=C\C=C/CCCCCCC. The molecule has 1 atom stereocenters. The maximum Gasteiger partial charge on any atom is 0.306 e. The summed E-state index contributed by atoms with van der Waals surface area (Å²) in [6.07, 6.45) is 78.9. The normalized spacial score (nSPS) is 13.0. The van der Waals surface area contributed by atoms with E-state index >= 15 is 0 Å². The van der Waals surface area contributed by atoms with Crippen molar-refractivity contribution in [2.24, 2.45) is 0 Å². The molecule has 0 aliphatic rings. The average Bonchev–Trinajstić information content (AvgIpc) is 3.36. The molecule has 396 valence electrons. The summed E-state index contributed by atoms with van der Waals surface area (Å²) >= 11 is 0. The van der Waals surface area contributed by atoms with E-state index in [1.165, 1.54) is 109 Å². The Labute approximate surface area is 431 Å². The zero-order chi connectivity index (χ0) is 50.7. The molecule has 0 amide bonds. The molecule has 0 aromatic rings. The van der Waals surface area contributed by atoms with Gasteiger partial charge in [-0.25, -0.2) is 0 Å². The molecular formula is C64H104O6. The standard InChI is InChI=1S/C64H104O6/c1-4-7-10-13-16-19-22-25-28-30-32-34-36-39-42-45-48-51-54-57-63(66)69-60-61(59-68-62(65)56-53-50-47-44-41-38-35-27-24-21-18-15-12-9-6-3)70-64(67)58-55-52-49-46-43-40-37-33-31-29-26-23-20-17-14-11-8-5-2/h7,10,13,16,19,22-23,25-26,28-34,36-37,39,42,61H,4-6,8-9,11-12,14-15,17-18,20-21,24,27,35,38,40-41,43-60H2,1-3H3/b10-7-,16-13-,22-19-,26-23-,28-25-,31-29-,32-30+,36-34-,37-33-,42-39-. The molecule has 0 saturated heterocycles. The Kier molecular flexibility index (Phi) is 54.0. The van der Waals surface area contributed by atoms with Gasteiger partial charge in [-0.15, -0.1) is 0 Å². The fourth-order valence-electron chi connectivity index (χ4n) is 7.66. The summed E-state index contributed by atoms with van der Waals surface area (Å²) in [5, 5.41) is 0. The molecule has 0 bridgehead atoms. The van der Waals surface area contributed by atoms with Gasteiger partial charge in [0.15, 0.2) is 6.10 Å². The molecule has 0 radical (unpaired) electrons. The second kappa shape index (κ2) is 57.4.